The summed E-state index contributed by atoms with van der Waals surface area (Å²) in [6, 6.07) is 25.4. The zero-order valence-electron chi connectivity index (χ0n) is 17.8. The molecule has 1 heterocycles. The van der Waals surface area contributed by atoms with Crippen LogP contribution < -0.4 is 0 Å². The average Bonchev–Trinajstić information content (AvgIpc) is 3.07. The van der Waals surface area contributed by atoms with Gasteiger partial charge in [-0.3, -0.25) is 13.9 Å². The Morgan fingerprint density at radius 3 is 1.97 bits per heavy atom. The number of hydrogen-bond acceptors (Lipinski definition) is 6. The molecule has 0 radical (unpaired) electrons. The number of nitrogens with zero attached hydrogens (tertiary/aromatic N) is 1. The van der Waals surface area contributed by atoms with Gasteiger partial charge in [0.15, 0.2) is 0 Å². The Kier molecular flexibility index (Phi) is 4.93. The van der Waals surface area contributed by atoms with Crippen molar-refractivity contribution in [2.45, 2.75) is 17.7 Å². The first kappa shape index (κ1) is 20.9. The van der Waals surface area contributed by atoms with Gasteiger partial charge in [-0.05, 0) is 27.8 Å². The Morgan fingerprint density at radius 2 is 1.44 bits per heavy atom. The smallest absolute Gasteiger partial charge is 0.325 e. The van der Waals surface area contributed by atoms with Crippen LogP contribution in [0.2, 0.25) is 0 Å². The third-order valence-electron chi connectivity index (χ3n) is 6.35. The number of carbonyl (C=O) groups excluding carboxylic acids is 1. The van der Waals surface area contributed by atoms with E-state index in [2.05, 4.69) is 24.3 Å². The van der Waals surface area contributed by atoms with Crippen LogP contribution >= 0.6 is 0 Å². The molecule has 0 spiro atoms. The van der Waals surface area contributed by atoms with E-state index in [9.17, 15) is 13.2 Å². The summed E-state index contributed by atoms with van der Waals surface area (Å²) in [5.41, 5.74) is 4.46. The van der Waals surface area contributed by atoms with Crippen molar-refractivity contribution in [2.24, 2.45) is 0 Å². The van der Waals surface area contributed by atoms with E-state index in [1.165, 1.54) is 7.11 Å². The molecule has 1 fully saturated rings. The summed E-state index contributed by atoms with van der Waals surface area (Å²) < 4.78 is 34.1. The van der Waals surface area contributed by atoms with Crippen molar-refractivity contribution in [1.82, 2.24) is 4.90 Å². The number of likely N-dealkylation sites (tertiary alicyclic amines) is 1. The Labute approximate surface area is 187 Å². The first-order valence-electron chi connectivity index (χ1n) is 10.4. The van der Waals surface area contributed by atoms with E-state index in [1.807, 2.05) is 59.5 Å². The normalized spacial score (nSPS) is 21.3. The summed E-state index contributed by atoms with van der Waals surface area (Å²) in [5.74, 6) is -0.526. The van der Waals surface area contributed by atoms with E-state index in [1.54, 1.807) is 0 Å². The summed E-state index contributed by atoms with van der Waals surface area (Å²) in [7, 11) is -2.44. The Balaban J connectivity index is 1.77. The highest BCUT2D eigenvalue weighted by molar-refractivity contribution is 7.86. The van der Waals surface area contributed by atoms with Crippen LogP contribution in [-0.2, 0) is 29.4 Å². The molecule has 3 aromatic carbocycles. The van der Waals surface area contributed by atoms with Gasteiger partial charge in [0.1, 0.15) is 12.1 Å². The van der Waals surface area contributed by atoms with Crippen LogP contribution in [-0.4, -0.2) is 51.3 Å². The zero-order valence-corrected chi connectivity index (χ0v) is 18.6. The van der Waals surface area contributed by atoms with Crippen molar-refractivity contribution in [3.05, 3.63) is 95.6 Å². The van der Waals surface area contributed by atoms with Crippen molar-refractivity contribution < 1.29 is 22.1 Å². The van der Waals surface area contributed by atoms with E-state index in [-0.39, 0.29) is 6.54 Å². The fourth-order valence-electron chi connectivity index (χ4n) is 5.20. The van der Waals surface area contributed by atoms with Gasteiger partial charge < -0.3 is 4.74 Å². The standard InChI is InChI=1S/C25H23NO5S/c1-30-24(27)23-22(31-32(2,28)29)16-26(23)25(17-10-4-3-5-11-17)20-14-8-6-12-18(20)19-13-7-9-15-21(19)25/h3-15,22-23H,16H2,1-2H3/t22-,23+/m1/s1. The SMILES string of the molecule is COC(=O)[C@@H]1[C@H](OS(C)(=O)=O)CN1C1(c2ccccc2)c2ccccc2-c2ccccc21. The number of benzene rings is 3. The maximum Gasteiger partial charge on any atom is 0.325 e. The van der Waals surface area contributed by atoms with E-state index in [0.717, 1.165) is 34.1 Å². The predicted molar refractivity (Wildman–Crippen MR) is 120 cm³/mol. The third kappa shape index (κ3) is 3.00. The molecule has 32 heavy (non-hydrogen) atoms. The Hall–Kier alpha value is -3.00. The molecule has 6 nitrogen and oxygen atoms in total. The van der Waals surface area contributed by atoms with Gasteiger partial charge >= 0.3 is 5.97 Å². The fraction of sp³-hybridized carbons (Fsp3) is 0.240. The molecule has 0 amide bonds. The summed E-state index contributed by atoms with van der Waals surface area (Å²) in [4.78, 5) is 14.9. The number of esters is 1. The molecule has 7 heteroatoms. The highest BCUT2D eigenvalue weighted by atomic mass is 32.2. The molecule has 2 atom stereocenters. The minimum absolute atomic E-state index is 0.254. The maximum atomic E-state index is 12.9. The second-order valence-corrected chi connectivity index (χ2v) is 9.73. The Bertz CT molecular complexity index is 1240. The fourth-order valence-corrected chi connectivity index (χ4v) is 5.82. The van der Waals surface area contributed by atoms with Crippen molar-refractivity contribution in [1.29, 1.82) is 0 Å². The second-order valence-electron chi connectivity index (χ2n) is 8.13. The first-order valence-corrected chi connectivity index (χ1v) is 12.2. The molecule has 164 valence electrons. The van der Waals surface area contributed by atoms with Gasteiger partial charge in [-0.2, -0.15) is 8.42 Å². The molecule has 0 unspecified atom stereocenters. The lowest BCUT2D eigenvalue weighted by atomic mass is 9.75. The van der Waals surface area contributed by atoms with E-state index < -0.39 is 33.8 Å². The largest absolute Gasteiger partial charge is 0.468 e. The number of carbonyl (C=O) groups is 1. The first-order chi connectivity index (χ1) is 15.4. The lowest BCUT2D eigenvalue weighted by Gasteiger charge is -2.55. The van der Waals surface area contributed by atoms with E-state index in [0.29, 0.717) is 0 Å². The summed E-state index contributed by atoms with van der Waals surface area (Å²) in [6.07, 6.45) is 0.176. The Morgan fingerprint density at radius 1 is 0.906 bits per heavy atom. The zero-order chi connectivity index (χ0) is 22.5. The van der Waals surface area contributed by atoms with E-state index in [4.69, 9.17) is 8.92 Å². The molecule has 0 N–H and O–H groups in total. The summed E-state index contributed by atoms with van der Waals surface area (Å²) in [6.45, 7) is 0.254. The van der Waals surface area contributed by atoms with Crippen molar-refractivity contribution in [2.75, 3.05) is 19.9 Å². The second kappa shape index (κ2) is 7.55. The monoisotopic (exact) mass is 449 g/mol. The molecule has 0 bridgehead atoms. The van der Waals surface area contributed by atoms with Gasteiger partial charge in [-0.25, -0.2) is 0 Å². The molecule has 1 aliphatic heterocycles. The molecule has 1 aliphatic carbocycles. The molecule has 0 aromatic heterocycles. The molecular weight excluding hydrogens is 426 g/mol. The predicted octanol–water partition coefficient (Wildman–Crippen LogP) is 3.16. The highest BCUT2D eigenvalue weighted by Gasteiger charge is 2.60. The van der Waals surface area contributed by atoms with Crippen LogP contribution in [0.5, 0.6) is 0 Å². The van der Waals surface area contributed by atoms with Gasteiger partial charge in [0.2, 0.25) is 0 Å². The van der Waals surface area contributed by atoms with Crippen LogP contribution in [0.3, 0.4) is 0 Å². The van der Waals surface area contributed by atoms with E-state index >= 15 is 0 Å². The highest BCUT2D eigenvalue weighted by Crippen LogP contribution is 2.56. The summed E-state index contributed by atoms with van der Waals surface area (Å²) in [5, 5.41) is 0. The molecule has 2 aliphatic rings. The number of hydrogen-bond donors (Lipinski definition) is 0. The van der Waals surface area contributed by atoms with Crippen molar-refractivity contribution in [3.63, 3.8) is 0 Å². The number of ether oxygens (including phenoxy) is 1. The average molecular weight is 450 g/mol. The van der Waals surface area contributed by atoms with Crippen LogP contribution in [0.1, 0.15) is 16.7 Å². The van der Waals surface area contributed by atoms with Gasteiger partial charge in [-0.1, -0.05) is 78.9 Å². The van der Waals surface area contributed by atoms with Gasteiger partial charge in [0.05, 0.1) is 18.9 Å². The molecule has 1 saturated heterocycles. The quantitative estimate of drug-likeness (QED) is 0.440. The molecule has 0 saturated carbocycles. The lowest BCUT2D eigenvalue weighted by Crippen LogP contribution is -2.71. The van der Waals surface area contributed by atoms with Gasteiger partial charge in [-0.15, -0.1) is 0 Å². The van der Waals surface area contributed by atoms with Crippen LogP contribution in [0.25, 0.3) is 11.1 Å². The third-order valence-corrected chi connectivity index (χ3v) is 6.95. The maximum absolute atomic E-state index is 12.9. The minimum Gasteiger partial charge on any atom is -0.468 e. The molecular formula is C25H23NO5S. The minimum atomic E-state index is -3.75. The number of fused-ring (bicyclic) bond motifs is 3. The van der Waals surface area contributed by atoms with Crippen LogP contribution in [0, 0.1) is 0 Å². The molecule has 3 aromatic rings. The number of rotatable bonds is 5. The van der Waals surface area contributed by atoms with Crippen LogP contribution in [0.15, 0.2) is 78.9 Å². The van der Waals surface area contributed by atoms with Crippen molar-refractivity contribution >= 4 is 16.1 Å². The lowest BCUT2D eigenvalue weighted by molar-refractivity contribution is -0.168. The number of methoxy groups -OCH3 is 1. The molecule has 5 rings (SSSR count). The van der Waals surface area contributed by atoms with Crippen LogP contribution in [0.4, 0.5) is 0 Å². The topological polar surface area (TPSA) is 72.9 Å². The summed E-state index contributed by atoms with van der Waals surface area (Å²) >= 11 is 0. The van der Waals surface area contributed by atoms with Crippen molar-refractivity contribution in [3.8, 4) is 11.1 Å². The van der Waals surface area contributed by atoms with Gasteiger partial charge in [0, 0.05) is 6.54 Å². The van der Waals surface area contributed by atoms with Gasteiger partial charge in [0.25, 0.3) is 10.1 Å².